The lowest BCUT2D eigenvalue weighted by atomic mass is 10.1. The third-order valence-electron chi connectivity index (χ3n) is 3.13. The van der Waals surface area contributed by atoms with Gasteiger partial charge in [0.1, 0.15) is 5.82 Å². The van der Waals surface area contributed by atoms with E-state index in [0.717, 1.165) is 0 Å². The van der Waals surface area contributed by atoms with E-state index in [1.54, 1.807) is 24.3 Å². The van der Waals surface area contributed by atoms with Crippen LogP contribution in [-0.4, -0.2) is 24.4 Å². The van der Waals surface area contributed by atoms with E-state index < -0.39 is 0 Å². The lowest BCUT2D eigenvalue weighted by Gasteiger charge is -2.11. The Morgan fingerprint density at radius 3 is 2.42 bits per heavy atom. The Morgan fingerprint density at radius 2 is 1.75 bits per heavy atom. The number of hydrogen-bond acceptors (Lipinski definition) is 3. The predicted octanol–water partition coefficient (Wildman–Crippen LogP) is 3.01. The maximum atomic E-state index is 12.8. The van der Waals surface area contributed by atoms with Gasteiger partial charge in [0, 0.05) is 23.0 Å². The summed E-state index contributed by atoms with van der Waals surface area (Å²) in [6.07, 6.45) is 0. The molecule has 0 aromatic heterocycles. The lowest BCUT2D eigenvalue weighted by molar-refractivity contribution is -0.114. The second-order valence-corrected chi connectivity index (χ2v) is 5.62. The van der Waals surface area contributed by atoms with E-state index in [4.69, 9.17) is 0 Å². The molecular weight excluding hydrogens is 309 g/mol. The molecule has 5 nitrogen and oxygen atoms in total. The largest absolute Gasteiger partial charge is 0.376 e. The molecule has 2 amide bonds. The first-order chi connectivity index (χ1) is 11.4. The third kappa shape index (κ3) is 5.39. The molecule has 0 aliphatic heterocycles. The van der Waals surface area contributed by atoms with Gasteiger partial charge in [0.2, 0.25) is 5.91 Å². The molecule has 0 unspecified atom stereocenters. The zero-order valence-electron chi connectivity index (χ0n) is 13.6. The lowest BCUT2D eigenvalue weighted by Crippen LogP contribution is -2.30. The smallest absolute Gasteiger partial charge is 0.251 e. The van der Waals surface area contributed by atoms with Gasteiger partial charge in [-0.3, -0.25) is 9.59 Å². The molecular formula is C18H20FN3O2. The summed E-state index contributed by atoms with van der Waals surface area (Å²) in [5.41, 5.74) is 1.71. The number of amides is 2. The summed E-state index contributed by atoms with van der Waals surface area (Å²) < 4.78 is 12.8. The summed E-state index contributed by atoms with van der Waals surface area (Å²) in [6.45, 7) is 3.81. The first kappa shape index (κ1) is 17.5. The van der Waals surface area contributed by atoms with E-state index in [1.807, 2.05) is 13.8 Å². The van der Waals surface area contributed by atoms with Gasteiger partial charge in [-0.25, -0.2) is 4.39 Å². The van der Waals surface area contributed by atoms with Gasteiger partial charge in [0.05, 0.1) is 6.54 Å². The minimum Gasteiger partial charge on any atom is -0.376 e. The number of benzene rings is 2. The first-order valence-corrected chi connectivity index (χ1v) is 7.64. The van der Waals surface area contributed by atoms with Crippen molar-refractivity contribution in [2.24, 2.45) is 0 Å². The van der Waals surface area contributed by atoms with E-state index >= 15 is 0 Å². The Bertz CT molecular complexity index is 714. The van der Waals surface area contributed by atoms with Gasteiger partial charge in [-0.2, -0.15) is 0 Å². The Morgan fingerprint density at radius 1 is 1.04 bits per heavy atom. The second-order valence-electron chi connectivity index (χ2n) is 5.62. The zero-order chi connectivity index (χ0) is 17.5. The average molecular weight is 329 g/mol. The van der Waals surface area contributed by atoms with Crippen molar-refractivity contribution in [1.29, 1.82) is 0 Å². The van der Waals surface area contributed by atoms with Gasteiger partial charge in [0.25, 0.3) is 5.91 Å². The fourth-order valence-corrected chi connectivity index (χ4v) is 2.04. The Hall–Kier alpha value is -2.89. The quantitative estimate of drug-likeness (QED) is 0.763. The third-order valence-corrected chi connectivity index (χ3v) is 3.13. The van der Waals surface area contributed by atoms with Gasteiger partial charge in [-0.1, -0.05) is 6.07 Å². The van der Waals surface area contributed by atoms with Crippen molar-refractivity contribution in [2.45, 2.75) is 19.9 Å². The predicted molar refractivity (Wildman–Crippen MR) is 92.6 cm³/mol. The molecule has 0 bridgehead atoms. The molecule has 0 spiro atoms. The number of rotatable bonds is 6. The molecule has 2 rings (SSSR count). The van der Waals surface area contributed by atoms with Crippen LogP contribution in [0, 0.1) is 5.82 Å². The van der Waals surface area contributed by atoms with E-state index in [1.165, 1.54) is 24.3 Å². The van der Waals surface area contributed by atoms with Gasteiger partial charge >= 0.3 is 0 Å². The van der Waals surface area contributed by atoms with Crippen LogP contribution in [0.4, 0.5) is 15.8 Å². The number of carbonyl (C=O) groups excluding carboxylic acids is 2. The van der Waals surface area contributed by atoms with Crippen LogP contribution in [0.2, 0.25) is 0 Å². The molecule has 2 aromatic carbocycles. The summed E-state index contributed by atoms with van der Waals surface area (Å²) >= 11 is 0. The average Bonchev–Trinajstić information content (AvgIpc) is 2.55. The van der Waals surface area contributed by atoms with Crippen molar-refractivity contribution < 1.29 is 14.0 Å². The molecule has 3 N–H and O–H groups in total. The van der Waals surface area contributed by atoms with Crippen molar-refractivity contribution in [2.75, 3.05) is 17.2 Å². The summed E-state index contributed by atoms with van der Waals surface area (Å²) in [4.78, 5) is 23.9. The van der Waals surface area contributed by atoms with Crippen molar-refractivity contribution in [3.8, 4) is 0 Å². The van der Waals surface area contributed by atoms with Crippen LogP contribution < -0.4 is 16.0 Å². The zero-order valence-corrected chi connectivity index (χ0v) is 13.6. The van der Waals surface area contributed by atoms with E-state index in [-0.39, 0.29) is 30.2 Å². The molecule has 0 aliphatic rings. The number of hydrogen-bond donors (Lipinski definition) is 3. The molecule has 24 heavy (non-hydrogen) atoms. The maximum absolute atomic E-state index is 12.8. The fraction of sp³-hybridized carbons (Fsp3) is 0.222. The molecule has 126 valence electrons. The molecule has 0 atom stereocenters. The Kier molecular flexibility index (Phi) is 5.89. The normalized spacial score (nSPS) is 10.3. The van der Waals surface area contributed by atoms with E-state index in [9.17, 15) is 14.0 Å². The van der Waals surface area contributed by atoms with Crippen LogP contribution in [0.1, 0.15) is 24.2 Å². The van der Waals surface area contributed by atoms with Gasteiger partial charge in [-0.15, -0.1) is 0 Å². The van der Waals surface area contributed by atoms with Crippen molar-refractivity contribution in [1.82, 2.24) is 5.32 Å². The van der Waals surface area contributed by atoms with Gasteiger partial charge < -0.3 is 16.0 Å². The summed E-state index contributed by atoms with van der Waals surface area (Å²) in [6, 6.07) is 12.5. The number of halogens is 1. The minimum absolute atomic E-state index is 0.0344. The highest BCUT2D eigenvalue weighted by Crippen LogP contribution is 2.11. The second kappa shape index (κ2) is 8.10. The highest BCUT2D eigenvalue weighted by atomic mass is 19.1. The SMILES string of the molecule is CC(C)NC(=O)c1cccc(NCC(=O)Nc2ccc(F)cc2)c1. The van der Waals surface area contributed by atoms with Crippen molar-refractivity contribution >= 4 is 23.2 Å². The van der Waals surface area contributed by atoms with Gasteiger partial charge in [0.15, 0.2) is 0 Å². The number of anilines is 2. The molecule has 0 fully saturated rings. The van der Waals surface area contributed by atoms with Crippen molar-refractivity contribution in [3.05, 3.63) is 59.9 Å². The first-order valence-electron chi connectivity index (χ1n) is 7.64. The monoisotopic (exact) mass is 329 g/mol. The maximum Gasteiger partial charge on any atom is 0.251 e. The summed E-state index contributed by atoms with van der Waals surface area (Å²) in [5, 5.41) is 8.43. The Balaban J connectivity index is 1.90. The molecule has 0 radical (unpaired) electrons. The number of carbonyl (C=O) groups is 2. The van der Waals surface area contributed by atoms with Crippen LogP contribution in [-0.2, 0) is 4.79 Å². The molecule has 0 aliphatic carbocycles. The summed E-state index contributed by atoms with van der Waals surface area (Å²) in [5.74, 6) is -0.786. The number of nitrogens with one attached hydrogen (secondary N) is 3. The Labute approximate surface area is 140 Å². The standard InChI is InChI=1S/C18H20FN3O2/c1-12(2)21-18(24)13-4-3-5-16(10-13)20-11-17(23)22-15-8-6-14(19)7-9-15/h3-10,12,20H,11H2,1-2H3,(H,21,24)(H,22,23). The molecule has 2 aromatic rings. The highest BCUT2D eigenvalue weighted by Gasteiger charge is 2.08. The topological polar surface area (TPSA) is 70.2 Å². The van der Waals surface area contributed by atoms with Crippen LogP contribution in [0.5, 0.6) is 0 Å². The highest BCUT2D eigenvalue weighted by molar-refractivity contribution is 5.96. The van der Waals surface area contributed by atoms with Crippen LogP contribution in [0.25, 0.3) is 0 Å². The van der Waals surface area contributed by atoms with E-state index in [0.29, 0.717) is 16.9 Å². The van der Waals surface area contributed by atoms with E-state index in [2.05, 4.69) is 16.0 Å². The molecule has 6 heteroatoms. The van der Waals surface area contributed by atoms with Crippen molar-refractivity contribution in [3.63, 3.8) is 0 Å². The van der Waals surface area contributed by atoms with Gasteiger partial charge in [-0.05, 0) is 56.3 Å². The van der Waals surface area contributed by atoms with Crippen LogP contribution in [0.15, 0.2) is 48.5 Å². The fourth-order valence-electron chi connectivity index (χ4n) is 2.04. The molecule has 0 heterocycles. The minimum atomic E-state index is -0.359. The van der Waals surface area contributed by atoms with Crippen LogP contribution >= 0.6 is 0 Å². The summed E-state index contributed by atoms with van der Waals surface area (Å²) in [7, 11) is 0. The molecule has 0 saturated carbocycles. The molecule has 0 saturated heterocycles. The van der Waals surface area contributed by atoms with Crippen LogP contribution in [0.3, 0.4) is 0 Å².